The van der Waals surface area contributed by atoms with Crippen molar-refractivity contribution in [1.29, 1.82) is 0 Å². The minimum atomic E-state index is 0.720. The summed E-state index contributed by atoms with van der Waals surface area (Å²) in [6.07, 6.45) is 2.38. The Morgan fingerprint density at radius 1 is 1.04 bits per heavy atom. The van der Waals surface area contributed by atoms with E-state index in [9.17, 15) is 0 Å². The number of anilines is 1. The fourth-order valence-corrected chi connectivity index (χ4v) is 3.86. The van der Waals surface area contributed by atoms with Gasteiger partial charge in [-0.1, -0.05) is 18.2 Å². The van der Waals surface area contributed by atoms with Gasteiger partial charge in [0.15, 0.2) is 0 Å². The van der Waals surface area contributed by atoms with Crippen LogP contribution in [0.15, 0.2) is 30.3 Å². The van der Waals surface area contributed by atoms with Crippen molar-refractivity contribution in [1.82, 2.24) is 9.88 Å². The molecule has 4 heteroatoms. The summed E-state index contributed by atoms with van der Waals surface area (Å²) < 4.78 is 5.49. The molecule has 4 rings (SSSR count). The number of pyridine rings is 1. The molecule has 2 aliphatic rings. The largest absolute Gasteiger partial charge is 0.381 e. The lowest BCUT2D eigenvalue weighted by molar-refractivity contribution is 0.0321. The van der Waals surface area contributed by atoms with E-state index in [1.807, 2.05) is 0 Å². The third-order valence-corrected chi connectivity index (χ3v) is 5.25. The standard InChI is InChI=1S/C19H25N3O/c1-15-14-19(20-18-5-3-2-4-17(15)18)22-10-8-21(9-11-22)16-6-12-23-13-7-16/h2-5,14,16H,6-13H2,1H3. The number of aromatic nitrogens is 1. The number of ether oxygens (including phenoxy) is 1. The predicted molar refractivity (Wildman–Crippen MR) is 94.1 cm³/mol. The van der Waals surface area contributed by atoms with Crippen molar-refractivity contribution in [2.24, 2.45) is 0 Å². The van der Waals surface area contributed by atoms with E-state index in [1.165, 1.54) is 23.8 Å². The van der Waals surface area contributed by atoms with Gasteiger partial charge in [-0.05, 0) is 37.5 Å². The first kappa shape index (κ1) is 14.9. The summed E-state index contributed by atoms with van der Waals surface area (Å²) in [4.78, 5) is 9.97. The van der Waals surface area contributed by atoms with Gasteiger partial charge in [0.25, 0.3) is 0 Å². The maximum absolute atomic E-state index is 5.49. The van der Waals surface area contributed by atoms with Crippen molar-refractivity contribution in [2.75, 3.05) is 44.3 Å². The normalized spacial score (nSPS) is 21.0. The van der Waals surface area contributed by atoms with E-state index in [2.05, 4.69) is 47.1 Å². The van der Waals surface area contributed by atoms with Gasteiger partial charge in [0, 0.05) is 50.8 Å². The van der Waals surface area contributed by atoms with Crippen LogP contribution in [0.5, 0.6) is 0 Å². The van der Waals surface area contributed by atoms with Crippen LogP contribution in [0.3, 0.4) is 0 Å². The second-order valence-corrected chi connectivity index (χ2v) is 6.68. The molecule has 0 aliphatic carbocycles. The molecule has 3 heterocycles. The molecule has 0 atom stereocenters. The predicted octanol–water partition coefficient (Wildman–Crippen LogP) is 2.84. The molecule has 0 spiro atoms. The van der Waals surface area contributed by atoms with E-state index < -0.39 is 0 Å². The third-order valence-electron chi connectivity index (χ3n) is 5.25. The lowest BCUT2D eigenvalue weighted by Crippen LogP contribution is -2.51. The van der Waals surface area contributed by atoms with Gasteiger partial charge in [-0.2, -0.15) is 0 Å². The van der Waals surface area contributed by atoms with E-state index in [0.29, 0.717) is 0 Å². The number of benzene rings is 1. The Labute approximate surface area is 138 Å². The molecule has 0 amide bonds. The topological polar surface area (TPSA) is 28.6 Å². The molecule has 0 N–H and O–H groups in total. The molecule has 0 saturated carbocycles. The molecule has 1 aromatic carbocycles. The van der Waals surface area contributed by atoms with Gasteiger partial charge in [-0.3, -0.25) is 4.90 Å². The van der Waals surface area contributed by atoms with Gasteiger partial charge in [-0.25, -0.2) is 4.98 Å². The van der Waals surface area contributed by atoms with Crippen molar-refractivity contribution in [3.8, 4) is 0 Å². The van der Waals surface area contributed by atoms with Crippen LogP contribution in [0.1, 0.15) is 18.4 Å². The Bertz CT molecular complexity index is 673. The molecule has 4 nitrogen and oxygen atoms in total. The SMILES string of the molecule is Cc1cc(N2CCN(C3CCOCC3)CC2)nc2ccccc12. The maximum atomic E-state index is 5.49. The summed E-state index contributed by atoms with van der Waals surface area (Å²) in [6, 6.07) is 11.4. The van der Waals surface area contributed by atoms with Crippen LogP contribution in [-0.4, -0.2) is 55.3 Å². The first-order valence-corrected chi connectivity index (χ1v) is 8.74. The summed E-state index contributed by atoms with van der Waals surface area (Å²) in [5.41, 5.74) is 2.42. The van der Waals surface area contributed by atoms with Gasteiger partial charge in [-0.15, -0.1) is 0 Å². The average Bonchev–Trinajstić information content (AvgIpc) is 2.63. The van der Waals surface area contributed by atoms with Crippen molar-refractivity contribution in [2.45, 2.75) is 25.8 Å². The zero-order chi connectivity index (χ0) is 15.6. The summed E-state index contributed by atoms with van der Waals surface area (Å²) in [5.74, 6) is 1.13. The summed E-state index contributed by atoms with van der Waals surface area (Å²) >= 11 is 0. The fraction of sp³-hybridized carbons (Fsp3) is 0.526. The van der Waals surface area contributed by atoms with Crippen LogP contribution in [0.4, 0.5) is 5.82 Å². The molecule has 23 heavy (non-hydrogen) atoms. The molecule has 2 fully saturated rings. The molecular formula is C19H25N3O. The highest BCUT2D eigenvalue weighted by Gasteiger charge is 2.26. The molecule has 122 valence electrons. The van der Waals surface area contributed by atoms with Crippen LogP contribution < -0.4 is 4.90 Å². The lowest BCUT2D eigenvalue weighted by Gasteiger charge is -2.41. The molecular weight excluding hydrogens is 286 g/mol. The molecule has 1 aromatic heterocycles. The van der Waals surface area contributed by atoms with Gasteiger partial charge in [0.2, 0.25) is 0 Å². The Morgan fingerprint density at radius 2 is 1.78 bits per heavy atom. The average molecular weight is 311 g/mol. The maximum Gasteiger partial charge on any atom is 0.129 e. The van der Waals surface area contributed by atoms with Crippen molar-refractivity contribution in [3.05, 3.63) is 35.9 Å². The van der Waals surface area contributed by atoms with Crippen LogP contribution in [0.2, 0.25) is 0 Å². The first-order chi connectivity index (χ1) is 11.3. The second-order valence-electron chi connectivity index (χ2n) is 6.68. The molecule has 0 unspecified atom stereocenters. The smallest absolute Gasteiger partial charge is 0.129 e. The van der Waals surface area contributed by atoms with E-state index >= 15 is 0 Å². The zero-order valence-electron chi connectivity index (χ0n) is 13.9. The highest BCUT2D eigenvalue weighted by molar-refractivity contribution is 5.83. The minimum absolute atomic E-state index is 0.720. The number of rotatable bonds is 2. The fourth-order valence-electron chi connectivity index (χ4n) is 3.86. The Balaban J connectivity index is 1.47. The quantitative estimate of drug-likeness (QED) is 0.853. The summed E-state index contributed by atoms with van der Waals surface area (Å²) in [5, 5.41) is 1.26. The lowest BCUT2D eigenvalue weighted by atomic mass is 10.1. The molecule has 0 bridgehead atoms. The van der Waals surface area contributed by atoms with Crippen molar-refractivity contribution >= 4 is 16.7 Å². The van der Waals surface area contributed by atoms with Crippen molar-refractivity contribution < 1.29 is 4.74 Å². The monoisotopic (exact) mass is 311 g/mol. The highest BCUT2D eigenvalue weighted by Crippen LogP contribution is 2.24. The Hall–Kier alpha value is -1.65. The van der Waals surface area contributed by atoms with Crippen LogP contribution in [0.25, 0.3) is 10.9 Å². The number of aryl methyl sites for hydroxylation is 1. The second kappa shape index (κ2) is 6.46. The van der Waals surface area contributed by atoms with E-state index in [0.717, 1.165) is 56.8 Å². The summed E-state index contributed by atoms with van der Waals surface area (Å²) in [6.45, 7) is 8.46. The number of fused-ring (bicyclic) bond motifs is 1. The number of hydrogen-bond acceptors (Lipinski definition) is 4. The number of hydrogen-bond donors (Lipinski definition) is 0. The molecule has 2 aromatic rings. The first-order valence-electron chi connectivity index (χ1n) is 8.74. The molecule has 2 aliphatic heterocycles. The van der Waals surface area contributed by atoms with Crippen LogP contribution in [0, 0.1) is 6.92 Å². The number of piperazine rings is 1. The number of nitrogens with zero attached hydrogens (tertiary/aromatic N) is 3. The van der Waals surface area contributed by atoms with E-state index in [-0.39, 0.29) is 0 Å². The van der Waals surface area contributed by atoms with Gasteiger partial charge < -0.3 is 9.64 Å². The van der Waals surface area contributed by atoms with E-state index in [4.69, 9.17) is 9.72 Å². The minimum Gasteiger partial charge on any atom is -0.381 e. The Kier molecular flexibility index (Phi) is 4.19. The summed E-state index contributed by atoms with van der Waals surface area (Å²) in [7, 11) is 0. The van der Waals surface area contributed by atoms with Crippen LogP contribution >= 0.6 is 0 Å². The van der Waals surface area contributed by atoms with Crippen LogP contribution in [-0.2, 0) is 4.74 Å². The third kappa shape index (κ3) is 3.06. The van der Waals surface area contributed by atoms with Gasteiger partial charge in [0.05, 0.1) is 5.52 Å². The number of para-hydroxylation sites is 1. The molecule has 0 radical (unpaired) electrons. The van der Waals surface area contributed by atoms with Gasteiger partial charge >= 0.3 is 0 Å². The molecule has 2 saturated heterocycles. The van der Waals surface area contributed by atoms with Crippen molar-refractivity contribution in [3.63, 3.8) is 0 Å². The van der Waals surface area contributed by atoms with Gasteiger partial charge in [0.1, 0.15) is 5.82 Å². The van der Waals surface area contributed by atoms with E-state index in [1.54, 1.807) is 0 Å². The zero-order valence-corrected chi connectivity index (χ0v) is 13.9. The Morgan fingerprint density at radius 3 is 2.57 bits per heavy atom. The highest BCUT2D eigenvalue weighted by atomic mass is 16.5.